The second-order valence-corrected chi connectivity index (χ2v) is 5.45. The number of nitrogens with one attached hydrogen (secondary N) is 1. The van der Waals surface area contributed by atoms with E-state index < -0.39 is 23.9 Å². The van der Waals surface area contributed by atoms with Crippen LogP contribution in [0.2, 0.25) is 0 Å². The van der Waals surface area contributed by atoms with Crippen LogP contribution in [0.5, 0.6) is 0 Å². The first-order valence-electron chi connectivity index (χ1n) is 7.41. The first-order chi connectivity index (χ1) is 11.0. The van der Waals surface area contributed by atoms with E-state index in [9.17, 15) is 19.4 Å². The first-order valence-corrected chi connectivity index (χ1v) is 7.41. The number of carbonyl (C=O) groups excluding carboxylic acids is 1. The molecule has 0 bridgehead atoms. The van der Waals surface area contributed by atoms with Gasteiger partial charge in [0.15, 0.2) is 0 Å². The van der Waals surface area contributed by atoms with E-state index in [4.69, 9.17) is 0 Å². The van der Waals surface area contributed by atoms with E-state index in [2.05, 4.69) is 5.32 Å². The highest BCUT2D eigenvalue weighted by molar-refractivity contribution is 5.76. The third-order valence-corrected chi connectivity index (χ3v) is 3.65. The molecule has 0 saturated heterocycles. The molecule has 2 aromatic rings. The molecule has 0 aliphatic heterocycles. The predicted octanol–water partition coefficient (Wildman–Crippen LogP) is 2.41. The lowest BCUT2D eigenvalue weighted by molar-refractivity contribution is -0.123. The number of aliphatic hydroxyl groups is 2. The predicted molar refractivity (Wildman–Crippen MR) is 85.1 cm³/mol. The van der Waals surface area contributed by atoms with Crippen LogP contribution in [0.1, 0.15) is 35.3 Å². The number of hydrogen-bond acceptors (Lipinski definition) is 3. The Morgan fingerprint density at radius 1 is 1.13 bits per heavy atom. The van der Waals surface area contributed by atoms with Gasteiger partial charge in [-0.15, -0.1) is 0 Å². The zero-order chi connectivity index (χ0) is 16.8. The van der Waals surface area contributed by atoms with E-state index in [1.54, 1.807) is 12.1 Å². The van der Waals surface area contributed by atoms with E-state index >= 15 is 0 Å². The Morgan fingerprint density at radius 2 is 1.87 bits per heavy atom. The Balaban J connectivity index is 1.86. The van der Waals surface area contributed by atoms with E-state index in [1.165, 1.54) is 18.2 Å². The molecular formula is C18H20FNO3. The molecule has 0 fully saturated rings. The fourth-order valence-corrected chi connectivity index (χ4v) is 2.36. The number of rotatable bonds is 6. The molecule has 2 atom stereocenters. The SMILES string of the molecule is Cc1ccccc1C(O)CNC(=O)CC(O)c1cccc(F)c1. The number of amides is 1. The highest BCUT2D eigenvalue weighted by atomic mass is 19.1. The Kier molecular flexibility index (Phi) is 5.84. The number of benzene rings is 2. The number of hydrogen-bond donors (Lipinski definition) is 3. The molecule has 0 heterocycles. The van der Waals surface area contributed by atoms with Gasteiger partial charge in [-0.1, -0.05) is 36.4 Å². The molecule has 2 unspecified atom stereocenters. The zero-order valence-electron chi connectivity index (χ0n) is 12.9. The van der Waals surface area contributed by atoms with Crippen LogP contribution in [-0.2, 0) is 4.79 Å². The monoisotopic (exact) mass is 317 g/mol. The minimum absolute atomic E-state index is 0.0551. The van der Waals surface area contributed by atoms with Crippen LogP contribution in [0.3, 0.4) is 0 Å². The van der Waals surface area contributed by atoms with Crippen LogP contribution in [0.4, 0.5) is 4.39 Å². The van der Waals surface area contributed by atoms with Gasteiger partial charge in [0.1, 0.15) is 5.82 Å². The van der Waals surface area contributed by atoms with Gasteiger partial charge in [-0.2, -0.15) is 0 Å². The van der Waals surface area contributed by atoms with Crippen molar-refractivity contribution in [3.05, 3.63) is 71.0 Å². The number of aliphatic hydroxyl groups excluding tert-OH is 2. The molecular weight excluding hydrogens is 297 g/mol. The zero-order valence-corrected chi connectivity index (χ0v) is 12.9. The van der Waals surface area contributed by atoms with Crippen LogP contribution in [-0.4, -0.2) is 22.7 Å². The molecule has 5 heteroatoms. The van der Waals surface area contributed by atoms with Crippen molar-refractivity contribution < 1.29 is 19.4 Å². The maximum Gasteiger partial charge on any atom is 0.223 e. The lowest BCUT2D eigenvalue weighted by Crippen LogP contribution is -2.29. The summed E-state index contributed by atoms with van der Waals surface area (Å²) in [6.07, 6.45) is -2.09. The fourth-order valence-electron chi connectivity index (χ4n) is 2.36. The summed E-state index contributed by atoms with van der Waals surface area (Å²) in [5.74, 6) is -0.869. The van der Waals surface area contributed by atoms with Gasteiger partial charge in [0.2, 0.25) is 5.91 Å². The van der Waals surface area contributed by atoms with Crippen molar-refractivity contribution in [2.24, 2.45) is 0 Å². The van der Waals surface area contributed by atoms with E-state index in [-0.39, 0.29) is 13.0 Å². The molecule has 1 amide bonds. The third kappa shape index (κ3) is 4.87. The van der Waals surface area contributed by atoms with Crippen molar-refractivity contribution in [1.82, 2.24) is 5.32 Å². The van der Waals surface area contributed by atoms with Crippen LogP contribution < -0.4 is 5.32 Å². The van der Waals surface area contributed by atoms with Gasteiger partial charge in [-0.05, 0) is 35.7 Å². The summed E-state index contributed by atoms with van der Waals surface area (Å²) < 4.78 is 13.1. The van der Waals surface area contributed by atoms with Crippen LogP contribution >= 0.6 is 0 Å². The second kappa shape index (κ2) is 7.85. The minimum Gasteiger partial charge on any atom is -0.388 e. The van der Waals surface area contributed by atoms with Crippen LogP contribution in [0, 0.1) is 12.7 Å². The molecule has 4 nitrogen and oxygen atoms in total. The molecule has 0 aliphatic carbocycles. The lowest BCUT2D eigenvalue weighted by Gasteiger charge is -2.16. The van der Waals surface area contributed by atoms with E-state index in [0.717, 1.165) is 11.1 Å². The van der Waals surface area contributed by atoms with Gasteiger partial charge in [0.05, 0.1) is 18.6 Å². The lowest BCUT2D eigenvalue weighted by atomic mass is 10.0. The largest absolute Gasteiger partial charge is 0.388 e. The molecule has 122 valence electrons. The summed E-state index contributed by atoms with van der Waals surface area (Å²) in [6.45, 7) is 1.94. The molecule has 3 N–H and O–H groups in total. The summed E-state index contributed by atoms with van der Waals surface area (Å²) in [5.41, 5.74) is 2.03. The molecule has 0 aliphatic rings. The maximum absolute atomic E-state index is 13.1. The highest BCUT2D eigenvalue weighted by Gasteiger charge is 2.15. The van der Waals surface area contributed by atoms with Gasteiger partial charge < -0.3 is 15.5 Å². The van der Waals surface area contributed by atoms with Gasteiger partial charge >= 0.3 is 0 Å². The van der Waals surface area contributed by atoms with Crippen molar-refractivity contribution in [2.45, 2.75) is 25.6 Å². The summed E-state index contributed by atoms with van der Waals surface area (Å²) in [5, 5.41) is 22.6. The van der Waals surface area contributed by atoms with Crippen LogP contribution in [0.15, 0.2) is 48.5 Å². The van der Waals surface area contributed by atoms with Crippen LogP contribution in [0.25, 0.3) is 0 Å². The Bertz CT molecular complexity index is 675. The Labute approximate surface area is 134 Å². The smallest absolute Gasteiger partial charge is 0.223 e. The number of aryl methyl sites for hydroxylation is 1. The quantitative estimate of drug-likeness (QED) is 0.766. The normalized spacial score (nSPS) is 13.4. The first kappa shape index (κ1) is 17.1. The minimum atomic E-state index is -1.08. The topological polar surface area (TPSA) is 69.6 Å². The van der Waals surface area contributed by atoms with Crippen molar-refractivity contribution in [1.29, 1.82) is 0 Å². The van der Waals surface area contributed by atoms with E-state index in [1.807, 2.05) is 25.1 Å². The van der Waals surface area contributed by atoms with Crippen molar-refractivity contribution in [3.8, 4) is 0 Å². The summed E-state index contributed by atoms with van der Waals surface area (Å²) >= 11 is 0. The second-order valence-electron chi connectivity index (χ2n) is 5.45. The molecule has 0 spiro atoms. The maximum atomic E-state index is 13.1. The molecule has 0 saturated carbocycles. The standard InChI is InChI=1S/C18H20FNO3/c1-12-5-2-3-8-15(12)17(22)11-20-18(23)10-16(21)13-6-4-7-14(19)9-13/h2-9,16-17,21-22H,10-11H2,1H3,(H,20,23). The summed E-state index contributed by atoms with van der Waals surface area (Å²) in [6, 6.07) is 12.9. The van der Waals surface area contributed by atoms with Crippen molar-refractivity contribution in [3.63, 3.8) is 0 Å². The highest BCUT2D eigenvalue weighted by Crippen LogP contribution is 2.18. The van der Waals surface area contributed by atoms with Gasteiger partial charge in [0.25, 0.3) is 0 Å². The summed E-state index contributed by atoms with van der Waals surface area (Å²) in [4.78, 5) is 11.9. The molecule has 2 rings (SSSR count). The van der Waals surface area contributed by atoms with Gasteiger partial charge in [-0.25, -0.2) is 4.39 Å². The molecule has 2 aromatic carbocycles. The third-order valence-electron chi connectivity index (χ3n) is 3.65. The van der Waals surface area contributed by atoms with Crippen molar-refractivity contribution in [2.75, 3.05) is 6.54 Å². The van der Waals surface area contributed by atoms with Gasteiger partial charge in [-0.3, -0.25) is 4.79 Å². The average Bonchev–Trinajstić information content (AvgIpc) is 2.53. The molecule has 0 radical (unpaired) electrons. The average molecular weight is 317 g/mol. The van der Waals surface area contributed by atoms with Gasteiger partial charge in [0, 0.05) is 6.54 Å². The van der Waals surface area contributed by atoms with E-state index in [0.29, 0.717) is 5.56 Å². The van der Waals surface area contributed by atoms with Crippen molar-refractivity contribution >= 4 is 5.91 Å². The Hall–Kier alpha value is -2.24. The fraction of sp³-hybridized carbons (Fsp3) is 0.278. The molecule has 0 aromatic heterocycles. The summed E-state index contributed by atoms with van der Waals surface area (Å²) in [7, 11) is 0. The number of halogens is 1. The number of carbonyl (C=O) groups is 1. The molecule has 23 heavy (non-hydrogen) atoms. The Morgan fingerprint density at radius 3 is 2.57 bits per heavy atom.